The van der Waals surface area contributed by atoms with Crippen molar-refractivity contribution in [1.29, 1.82) is 0 Å². The van der Waals surface area contributed by atoms with Crippen LogP contribution in [0, 0.1) is 11.5 Å². The second-order valence-corrected chi connectivity index (χ2v) is 9.01. The molecule has 2 nitrogen and oxygen atoms in total. The standard InChI is InChI=1S/C6H13O2PSi/c1-10(2,3)6-4-5-9(7)8/h9H,5H2,1-3H3,(H,7,8). The zero-order chi connectivity index (χ0) is 8.20. The summed E-state index contributed by atoms with van der Waals surface area (Å²) in [6.45, 7) is 6.32. The minimum absolute atomic E-state index is 0.162. The van der Waals surface area contributed by atoms with E-state index in [0.717, 1.165) is 0 Å². The molecule has 10 heavy (non-hydrogen) atoms. The maximum Gasteiger partial charge on any atom is 0.200 e. The highest BCUT2D eigenvalue weighted by Gasteiger charge is 2.06. The highest BCUT2D eigenvalue weighted by molar-refractivity contribution is 7.38. The Morgan fingerprint density at radius 1 is 1.50 bits per heavy atom. The average Bonchev–Trinajstić information content (AvgIpc) is 1.59. The fraction of sp³-hybridized carbons (Fsp3) is 0.667. The molecule has 1 unspecified atom stereocenters. The van der Waals surface area contributed by atoms with E-state index in [0.29, 0.717) is 0 Å². The quantitative estimate of drug-likeness (QED) is 0.372. The zero-order valence-electron chi connectivity index (χ0n) is 6.56. The Balaban J connectivity index is 3.82. The number of rotatable bonds is 1. The summed E-state index contributed by atoms with van der Waals surface area (Å²) in [6.07, 6.45) is 0.162. The fourth-order valence-corrected chi connectivity index (χ4v) is 1.42. The Morgan fingerprint density at radius 3 is 2.30 bits per heavy atom. The van der Waals surface area contributed by atoms with E-state index in [1.54, 1.807) is 0 Å². The Kier molecular flexibility index (Phi) is 3.96. The van der Waals surface area contributed by atoms with E-state index in [4.69, 9.17) is 4.89 Å². The highest BCUT2D eigenvalue weighted by Crippen LogP contribution is 2.09. The summed E-state index contributed by atoms with van der Waals surface area (Å²) in [5.41, 5.74) is 3.01. The van der Waals surface area contributed by atoms with Gasteiger partial charge in [0.05, 0.1) is 6.16 Å². The molecule has 0 radical (unpaired) electrons. The van der Waals surface area contributed by atoms with Gasteiger partial charge in [-0.3, -0.25) is 4.57 Å². The maximum absolute atomic E-state index is 10.2. The smallest absolute Gasteiger partial charge is 0.200 e. The van der Waals surface area contributed by atoms with Gasteiger partial charge in [0.2, 0.25) is 8.03 Å². The van der Waals surface area contributed by atoms with Gasteiger partial charge in [0.15, 0.2) is 0 Å². The molecular weight excluding hydrogens is 163 g/mol. The third-order valence-corrected chi connectivity index (χ3v) is 2.11. The number of hydrogen-bond donors (Lipinski definition) is 1. The normalized spacial score (nSPS) is 13.6. The molecule has 4 heteroatoms. The maximum atomic E-state index is 10.2. The molecule has 0 rings (SSSR count). The third kappa shape index (κ3) is 7.97. The van der Waals surface area contributed by atoms with Gasteiger partial charge in [-0.05, 0) is 0 Å². The van der Waals surface area contributed by atoms with Crippen LogP contribution in [0.5, 0.6) is 0 Å². The van der Waals surface area contributed by atoms with Gasteiger partial charge < -0.3 is 4.89 Å². The van der Waals surface area contributed by atoms with Gasteiger partial charge in [0.1, 0.15) is 8.07 Å². The summed E-state index contributed by atoms with van der Waals surface area (Å²) < 4.78 is 10.2. The van der Waals surface area contributed by atoms with Crippen molar-refractivity contribution in [2.24, 2.45) is 0 Å². The molecule has 1 atom stereocenters. The first-order valence-corrected chi connectivity index (χ1v) is 8.20. The lowest BCUT2D eigenvalue weighted by Gasteiger charge is -2.02. The molecular formula is C6H13O2PSi. The van der Waals surface area contributed by atoms with Crippen LogP contribution in [0.3, 0.4) is 0 Å². The van der Waals surface area contributed by atoms with Gasteiger partial charge in [-0.1, -0.05) is 19.6 Å². The predicted octanol–water partition coefficient (Wildman–Crippen LogP) is 1.33. The van der Waals surface area contributed by atoms with Crippen LogP contribution < -0.4 is 0 Å². The van der Waals surface area contributed by atoms with Crippen molar-refractivity contribution in [1.82, 2.24) is 0 Å². The molecule has 0 aromatic carbocycles. The van der Waals surface area contributed by atoms with E-state index < -0.39 is 16.1 Å². The first-order valence-electron chi connectivity index (χ1n) is 3.13. The predicted molar refractivity (Wildman–Crippen MR) is 47.2 cm³/mol. The van der Waals surface area contributed by atoms with E-state index in [2.05, 4.69) is 31.1 Å². The summed E-state index contributed by atoms with van der Waals surface area (Å²) in [5.74, 6) is 2.72. The van der Waals surface area contributed by atoms with Crippen LogP contribution in [0.1, 0.15) is 0 Å². The Hall–Kier alpha value is -0.0331. The van der Waals surface area contributed by atoms with E-state index in [1.807, 2.05) is 0 Å². The molecule has 0 amide bonds. The fourth-order valence-electron chi connectivity index (χ4n) is 0.385. The van der Waals surface area contributed by atoms with Gasteiger partial charge in [-0.25, -0.2) is 0 Å². The molecule has 0 aliphatic heterocycles. The first kappa shape index (κ1) is 9.97. The average molecular weight is 176 g/mol. The first-order chi connectivity index (χ1) is 4.42. The molecule has 0 bridgehead atoms. The summed E-state index contributed by atoms with van der Waals surface area (Å²) in [7, 11) is -3.68. The van der Waals surface area contributed by atoms with Crippen molar-refractivity contribution in [2.45, 2.75) is 19.6 Å². The van der Waals surface area contributed by atoms with E-state index in [-0.39, 0.29) is 6.16 Å². The van der Waals surface area contributed by atoms with Crippen molar-refractivity contribution in [3.63, 3.8) is 0 Å². The molecule has 0 aromatic heterocycles. The van der Waals surface area contributed by atoms with Crippen LogP contribution >= 0.6 is 8.03 Å². The topological polar surface area (TPSA) is 37.3 Å². The lowest BCUT2D eigenvalue weighted by atomic mass is 10.8. The monoisotopic (exact) mass is 176 g/mol. The van der Waals surface area contributed by atoms with E-state index >= 15 is 0 Å². The summed E-state index contributed by atoms with van der Waals surface area (Å²) >= 11 is 0. The van der Waals surface area contributed by atoms with Crippen molar-refractivity contribution in [3.8, 4) is 11.5 Å². The Labute approximate surface area is 63.5 Å². The molecule has 0 fully saturated rings. The summed E-state index contributed by atoms with van der Waals surface area (Å²) in [4.78, 5) is 8.41. The van der Waals surface area contributed by atoms with Crippen LogP contribution in [0.25, 0.3) is 0 Å². The molecule has 0 aromatic rings. The van der Waals surface area contributed by atoms with E-state index in [1.165, 1.54) is 0 Å². The lowest BCUT2D eigenvalue weighted by Crippen LogP contribution is -2.16. The van der Waals surface area contributed by atoms with Crippen molar-refractivity contribution < 1.29 is 9.46 Å². The van der Waals surface area contributed by atoms with Gasteiger partial charge in [0, 0.05) is 0 Å². The van der Waals surface area contributed by atoms with Crippen LogP contribution in [0.15, 0.2) is 0 Å². The second kappa shape index (κ2) is 3.97. The van der Waals surface area contributed by atoms with Gasteiger partial charge in [-0.15, -0.1) is 11.5 Å². The van der Waals surface area contributed by atoms with Gasteiger partial charge in [0.25, 0.3) is 0 Å². The van der Waals surface area contributed by atoms with Crippen molar-refractivity contribution >= 4 is 16.1 Å². The van der Waals surface area contributed by atoms with Gasteiger partial charge >= 0.3 is 0 Å². The zero-order valence-corrected chi connectivity index (χ0v) is 8.56. The van der Waals surface area contributed by atoms with Crippen molar-refractivity contribution in [2.75, 3.05) is 6.16 Å². The van der Waals surface area contributed by atoms with Crippen molar-refractivity contribution in [3.05, 3.63) is 0 Å². The number of hydrogen-bond acceptors (Lipinski definition) is 1. The Bertz CT molecular complexity index is 184. The summed E-state index contributed by atoms with van der Waals surface area (Å²) in [5, 5.41) is 0. The van der Waals surface area contributed by atoms with Crippen LogP contribution in [-0.2, 0) is 4.57 Å². The molecule has 0 aliphatic carbocycles. The SMILES string of the molecule is C[Si](C)(C)C#CC[PH](=O)O. The largest absolute Gasteiger partial charge is 0.346 e. The van der Waals surface area contributed by atoms with Crippen LogP contribution in [0.4, 0.5) is 0 Å². The lowest BCUT2D eigenvalue weighted by molar-refractivity contribution is 0.506. The molecule has 58 valence electrons. The molecule has 0 saturated carbocycles. The second-order valence-electron chi connectivity index (χ2n) is 3.12. The highest BCUT2D eigenvalue weighted by atomic mass is 31.1. The molecule has 0 saturated heterocycles. The minimum Gasteiger partial charge on any atom is -0.346 e. The van der Waals surface area contributed by atoms with Gasteiger partial charge in [-0.2, -0.15) is 0 Å². The minimum atomic E-state index is -2.36. The molecule has 0 spiro atoms. The Morgan fingerprint density at radius 2 is 2.00 bits per heavy atom. The molecule has 0 heterocycles. The third-order valence-electron chi connectivity index (χ3n) is 0.703. The molecule has 1 N–H and O–H groups in total. The van der Waals surface area contributed by atoms with E-state index in [9.17, 15) is 4.57 Å². The molecule has 0 aliphatic rings. The van der Waals surface area contributed by atoms with Crippen LogP contribution in [-0.4, -0.2) is 19.1 Å². The van der Waals surface area contributed by atoms with Crippen LogP contribution in [0.2, 0.25) is 19.6 Å². The summed E-state index contributed by atoms with van der Waals surface area (Å²) in [6, 6.07) is 0.